The van der Waals surface area contributed by atoms with Gasteiger partial charge in [0.25, 0.3) is 0 Å². The molecule has 3 atom stereocenters. The molecular formula is C74H82N2. The molecule has 388 valence electrons. The molecule has 5 aliphatic carbocycles. The Morgan fingerprint density at radius 2 is 1.49 bits per heavy atom. The zero-order valence-electron chi connectivity index (χ0n) is 47.2. The molecule has 0 aliphatic heterocycles. The molecule has 0 saturated heterocycles. The lowest BCUT2D eigenvalue weighted by molar-refractivity contribution is 0.478. The fourth-order valence-electron chi connectivity index (χ4n) is 12.4. The average Bonchev–Trinajstić information content (AvgIpc) is 4.05. The van der Waals surface area contributed by atoms with E-state index in [9.17, 15) is 0 Å². The highest BCUT2D eigenvalue weighted by molar-refractivity contribution is 5.94. The Balaban J connectivity index is 1.31. The normalized spacial score (nSPS) is 22.1. The van der Waals surface area contributed by atoms with Gasteiger partial charge in [-0.2, -0.15) is 0 Å². The lowest BCUT2D eigenvalue weighted by Crippen LogP contribution is -2.31. The van der Waals surface area contributed by atoms with Crippen LogP contribution in [0.3, 0.4) is 0 Å². The number of benzene rings is 2. The Bertz CT molecular complexity index is 3230. The first kappa shape index (κ1) is 54.8. The third-order valence-corrected chi connectivity index (χ3v) is 15.9. The van der Waals surface area contributed by atoms with E-state index in [1.807, 2.05) is 6.08 Å². The molecule has 0 spiro atoms. The first-order chi connectivity index (χ1) is 37.0. The van der Waals surface area contributed by atoms with Crippen LogP contribution in [0.25, 0.3) is 23.4 Å². The summed E-state index contributed by atoms with van der Waals surface area (Å²) in [6.07, 6.45) is 57.6. The van der Waals surface area contributed by atoms with E-state index in [4.69, 9.17) is 0 Å². The monoisotopic (exact) mass is 999 g/mol. The second kappa shape index (κ2) is 24.9. The van der Waals surface area contributed by atoms with Crippen LogP contribution in [0, 0.1) is 11.8 Å². The maximum Gasteiger partial charge on any atom is 0.0707 e. The van der Waals surface area contributed by atoms with Gasteiger partial charge in [0.2, 0.25) is 0 Å². The molecule has 0 bridgehead atoms. The third kappa shape index (κ3) is 10.6. The zero-order valence-corrected chi connectivity index (χ0v) is 47.2. The topological polar surface area (TPSA) is 8.17 Å². The molecule has 8 rings (SSSR count). The van der Waals surface area contributed by atoms with Crippen molar-refractivity contribution in [3.8, 4) is 0 Å². The predicted octanol–water partition coefficient (Wildman–Crippen LogP) is 19.8. The van der Waals surface area contributed by atoms with Crippen molar-refractivity contribution in [2.75, 3.05) is 6.54 Å². The predicted molar refractivity (Wildman–Crippen MR) is 332 cm³/mol. The van der Waals surface area contributed by atoms with Gasteiger partial charge in [0.05, 0.1) is 5.41 Å². The Morgan fingerprint density at radius 3 is 2.13 bits per heavy atom. The van der Waals surface area contributed by atoms with Crippen molar-refractivity contribution < 1.29 is 0 Å². The minimum absolute atomic E-state index is 0.0404. The van der Waals surface area contributed by atoms with Gasteiger partial charge in [-0.3, -0.25) is 0 Å². The van der Waals surface area contributed by atoms with Crippen molar-refractivity contribution in [1.82, 2.24) is 9.47 Å². The molecule has 3 unspecified atom stereocenters. The summed E-state index contributed by atoms with van der Waals surface area (Å²) in [7, 11) is 0. The molecule has 0 N–H and O–H groups in total. The lowest BCUT2D eigenvalue weighted by atomic mass is 9.65. The van der Waals surface area contributed by atoms with Gasteiger partial charge in [0.1, 0.15) is 0 Å². The fraction of sp³-hybridized carbons (Fsp3) is 0.270. The van der Waals surface area contributed by atoms with Gasteiger partial charge in [-0.25, -0.2) is 0 Å². The molecule has 3 aromatic rings. The maximum atomic E-state index is 4.62. The zero-order chi connectivity index (χ0) is 53.9. The van der Waals surface area contributed by atoms with Gasteiger partial charge in [-0.1, -0.05) is 210 Å². The molecule has 2 heteroatoms. The smallest absolute Gasteiger partial charge is 0.0707 e. The molecule has 5 aliphatic rings. The largest absolute Gasteiger partial charge is 0.341 e. The molecule has 2 aromatic carbocycles. The second-order valence-corrected chi connectivity index (χ2v) is 20.9. The minimum atomic E-state index is -0.516. The summed E-state index contributed by atoms with van der Waals surface area (Å²) in [5.41, 5.74) is 24.6. The molecule has 76 heavy (non-hydrogen) atoms. The molecule has 0 saturated carbocycles. The standard InChI is InChI=1S/C74H82N2/c1-13-19-35-58(18-6)72-57(12)73(66(32-16-4)65(72)31-15-3)71(33-17-5)75(55(10)47-45-53(8)54(9)46-48-56(11)76-69-43-27-24-40-63(69)64-41-25-28-44-70(64)76)50-49-68-61(30-14-2)62-39-23-26-42-67(62)74(68,59-36-21-20-22-37-59)60-38-29-34-52(7)51-60/h13,15-16,18-23,26-33,35-39,42-49,51-52,72H,6,9,11,14,17,24-25,34,40-41,50H2,1-5,7-8,10,12H3/b19-13-,31-15-,32-16-,48-46-,53-45+,55-47+,58-35+,61-30-,68-49?,71-33+. The van der Waals surface area contributed by atoms with Gasteiger partial charge >= 0.3 is 0 Å². The SMILES string of the molecule is C=C/C(=C\C=C/C)C1C(C)=C(/C(=C\CC)N(CC=C2/C(=C\CC)c3ccccc3C2(C2=CC(C)CC=C2)c2ccccc2)/C(C)=C/C=C(\C)C(=C)/C=C\C(=C)n2c3c(c4c2C=CCC4)CCC=C3)C(/C=C\C)=C1/C=C\C. The van der Waals surface area contributed by atoms with Gasteiger partial charge in [-0.05, 0) is 189 Å². The van der Waals surface area contributed by atoms with E-state index in [0.717, 1.165) is 67.5 Å². The summed E-state index contributed by atoms with van der Waals surface area (Å²) in [5, 5.41) is 0. The van der Waals surface area contributed by atoms with Crippen LogP contribution in [0.2, 0.25) is 0 Å². The first-order valence-corrected chi connectivity index (χ1v) is 28.1. The second-order valence-electron chi connectivity index (χ2n) is 20.9. The van der Waals surface area contributed by atoms with Crippen LogP contribution < -0.4 is 0 Å². The van der Waals surface area contributed by atoms with Crippen LogP contribution in [0.15, 0.2) is 257 Å². The van der Waals surface area contributed by atoms with Crippen LogP contribution in [0.4, 0.5) is 0 Å². The highest BCUT2D eigenvalue weighted by Gasteiger charge is 2.49. The van der Waals surface area contributed by atoms with E-state index in [1.165, 1.54) is 89.5 Å². The average molecular weight is 999 g/mol. The van der Waals surface area contributed by atoms with E-state index >= 15 is 0 Å². The van der Waals surface area contributed by atoms with E-state index in [1.54, 1.807) is 0 Å². The Labute approximate surface area is 458 Å². The van der Waals surface area contributed by atoms with E-state index < -0.39 is 5.41 Å². The Morgan fingerprint density at radius 1 is 0.789 bits per heavy atom. The molecule has 0 radical (unpaired) electrons. The number of hydrogen-bond acceptors (Lipinski definition) is 1. The van der Waals surface area contributed by atoms with E-state index in [-0.39, 0.29) is 5.92 Å². The number of rotatable bonds is 19. The van der Waals surface area contributed by atoms with Crippen LogP contribution in [-0.4, -0.2) is 16.0 Å². The summed E-state index contributed by atoms with van der Waals surface area (Å²) < 4.78 is 2.35. The molecule has 0 amide bonds. The molecule has 1 heterocycles. The maximum absolute atomic E-state index is 4.62. The van der Waals surface area contributed by atoms with Crippen molar-refractivity contribution in [3.05, 3.63) is 297 Å². The van der Waals surface area contributed by atoms with E-state index in [2.05, 4.69) is 274 Å². The van der Waals surface area contributed by atoms with Crippen molar-refractivity contribution in [1.29, 1.82) is 0 Å². The summed E-state index contributed by atoms with van der Waals surface area (Å²) in [4.78, 5) is 2.58. The van der Waals surface area contributed by atoms with Crippen molar-refractivity contribution in [3.63, 3.8) is 0 Å². The van der Waals surface area contributed by atoms with Crippen LogP contribution in [-0.2, 0) is 18.3 Å². The van der Waals surface area contributed by atoms with Gasteiger partial charge in [0, 0.05) is 46.5 Å². The third-order valence-electron chi connectivity index (χ3n) is 15.9. The van der Waals surface area contributed by atoms with Crippen LogP contribution in [0.1, 0.15) is 134 Å². The summed E-state index contributed by atoms with van der Waals surface area (Å²) in [6.45, 7) is 34.3. The Hall–Kier alpha value is -7.42. The van der Waals surface area contributed by atoms with Gasteiger partial charge in [-0.15, -0.1) is 0 Å². The van der Waals surface area contributed by atoms with Gasteiger partial charge < -0.3 is 9.47 Å². The van der Waals surface area contributed by atoms with E-state index in [0.29, 0.717) is 12.5 Å². The van der Waals surface area contributed by atoms with Crippen LogP contribution >= 0.6 is 0 Å². The summed E-state index contributed by atoms with van der Waals surface area (Å²) >= 11 is 0. The van der Waals surface area contributed by atoms with Crippen molar-refractivity contribution in [2.24, 2.45) is 11.8 Å². The number of nitrogens with zero attached hydrogens (tertiary/aromatic N) is 2. The van der Waals surface area contributed by atoms with Crippen molar-refractivity contribution in [2.45, 2.75) is 113 Å². The quantitative estimate of drug-likeness (QED) is 0.109. The lowest BCUT2D eigenvalue weighted by Gasteiger charge is -2.37. The fourth-order valence-corrected chi connectivity index (χ4v) is 12.4. The number of aromatic nitrogens is 1. The van der Waals surface area contributed by atoms with Crippen LogP contribution in [0.5, 0.6) is 0 Å². The van der Waals surface area contributed by atoms with Crippen molar-refractivity contribution >= 4 is 23.4 Å². The number of hydrogen-bond donors (Lipinski definition) is 0. The molecule has 1 aromatic heterocycles. The highest BCUT2D eigenvalue weighted by Crippen LogP contribution is 2.59. The minimum Gasteiger partial charge on any atom is -0.341 e. The first-order valence-electron chi connectivity index (χ1n) is 28.1. The molecule has 0 fully saturated rings. The number of allylic oxidation sites excluding steroid dienone is 30. The van der Waals surface area contributed by atoms with Gasteiger partial charge in [0.15, 0.2) is 0 Å². The summed E-state index contributed by atoms with van der Waals surface area (Å²) in [6, 6.07) is 20.4. The summed E-state index contributed by atoms with van der Waals surface area (Å²) in [5.74, 6) is 0.458. The molecule has 2 nitrogen and oxygen atoms in total. The number of fused-ring (bicyclic) bond motifs is 4. The highest BCUT2D eigenvalue weighted by atomic mass is 15.1. The Kier molecular flexibility index (Phi) is 18.0. The molecular weight excluding hydrogens is 917 g/mol.